The standard InChI is InChI=1S/C28H40F4O2/c1-19-2-8-22(9-3-19)23-10-6-20(7-11-23)4-5-21-17-33-27(34-18-21)25-14-12-24(13-15-25)26(29)16-28(30,31)32/h6,10,16,19,21-22,24-25,27H,2-5,7-9,11-15,17-18H2,1H3/b26-16-. The molecule has 1 heterocycles. The lowest BCUT2D eigenvalue weighted by Gasteiger charge is -2.37. The molecule has 0 atom stereocenters. The molecule has 0 N–H and O–H groups in total. The molecule has 0 aromatic carbocycles. The van der Waals surface area contributed by atoms with Crippen molar-refractivity contribution in [2.45, 2.75) is 96.4 Å². The zero-order valence-electron chi connectivity index (χ0n) is 20.4. The van der Waals surface area contributed by atoms with Gasteiger partial charge in [-0.25, -0.2) is 4.39 Å². The van der Waals surface area contributed by atoms with Crippen LogP contribution in [0.2, 0.25) is 0 Å². The first-order valence-electron chi connectivity index (χ1n) is 13.3. The highest BCUT2D eigenvalue weighted by atomic mass is 19.4. The van der Waals surface area contributed by atoms with Crippen LogP contribution < -0.4 is 0 Å². The molecular formula is C28H40F4O2. The van der Waals surface area contributed by atoms with Crippen LogP contribution in [-0.2, 0) is 9.47 Å². The van der Waals surface area contributed by atoms with Crippen LogP contribution in [-0.4, -0.2) is 25.7 Å². The molecule has 3 fully saturated rings. The maximum atomic E-state index is 13.8. The van der Waals surface area contributed by atoms with E-state index in [1.54, 1.807) is 5.57 Å². The first kappa shape index (κ1) is 25.9. The molecule has 0 aromatic heterocycles. The number of alkyl halides is 3. The van der Waals surface area contributed by atoms with E-state index in [1.807, 2.05) is 0 Å². The van der Waals surface area contributed by atoms with Crippen LogP contribution in [0.5, 0.6) is 0 Å². The minimum Gasteiger partial charge on any atom is -0.352 e. The number of hydrogen-bond donors (Lipinski definition) is 0. The molecule has 192 valence electrons. The maximum absolute atomic E-state index is 13.8. The Morgan fingerprint density at radius 1 is 0.941 bits per heavy atom. The van der Waals surface area contributed by atoms with Crippen molar-refractivity contribution in [2.24, 2.45) is 29.6 Å². The average molecular weight is 485 g/mol. The summed E-state index contributed by atoms with van der Waals surface area (Å²) < 4.78 is 63.0. The topological polar surface area (TPSA) is 18.5 Å². The Bertz CT molecular complexity index is 745. The van der Waals surface area contributed by atoms with Crippen molar-refractivity contribution in [1.29, 1.82) is 0 Å². The fourth-order valence-corrected chi connectivity index (χ4v) is 6.20. The summed E-state index contributed by atoms with van der Waals surface area (Å²) in [6.45, 7) is 3.71. The van der Waals surface area contributed by atoms with Gasteiger partial charge in [0.15, 0.2) is 6.29 Å². The third-order valence-corrected chi connectivity index (χ3v) is 8.52. The third-order valence-electron chi connectivity index (χ3n) is 8.52. The first-order valence-corrected chi connectivity index (χ1v) is 13.3. The second-order valence-electron chi connectivity index (χ2n) is 11.1. The minimum absolute atomic E-state index is 0.142. The highest BCUT2D eigenvalue weighted by Gasteiger charge is 2.35. The van der Waals surface area contributed by atoms with Gasteiger partial charge in [-0.3, -0.25) is 0 Å². The van der Waals surface area contributed by atoms with Crippen molar-refractivity contribution in [3.05, 3.63) is 35.2 Å². The monoisotopic (exact) mass is 484 g/mol. The van der Waals surface area contributed by atoms with Crippen molar-refractivity contribution in [1.82, 2.24) is 0 Å². The maximum Gasteiger partial charge on any atom is 0.412 e. The van der Waals surface area contributed by atoms with Crippen molar-refractivity contribution in [3.63, 3.8) is 0 Å². The Balaban J connectivity index is 1.15. The van der Waals surface area contributed by atoms with Gasteiger partial charge in [-0.05, 0) is 76.0 Å². The van der Waals surface area contributed by atoms with E-state index in [4.69, 9.17) is 9.47 Å². The minimum atomic E-state index is -4.59. The smallest absolute Gasteiger partial charge is 0.352 e. The SMILES string of the molecule is CC1CCC(C2=CC=C(CCC3COC(C4CCC(/C(F)=C/C(F)(F)F)CC4)OC3)CC2)CC1. The Morgan fingerprint density at radius 3 is 2.21 bits per heavy atom. The lowest BCUT2D eigenvalue weighted by Crippen LogP contribution is -2.38. The van der Waals surface area contributed by atoms with E-state index < -0.39 is 17.9 Å². The van der Waals surface area contributed by atoms with E-state index >= 15 is 0 Å². The second-order valence-corrected chi connectivity index (χ2v) is 11.1. The van der Waals surface area contributed by atoms with Gasteiger partial charge in [0, 0.05) is 17.8 Å². The van der Waals surface area contributed by atoms with Gasteiger partial charge in [0.25, 0.3) is 0 Å². The molecule has 0 spiro atoms. The number of hydrogen-bond acceptors (Lipinski definition) is 2. The fraction of sp³-hybridized carbons (Fsp3) is 0.786. The Morgan fingerprint density at radius 2 is 1.62 bits per heavy atom. The molecule has 0 bridgehead atoms. The molecule has 0 radical (unpaired) electrons. The van der Waals surface area contributed by atoms with Gasteiger partial charge >= 0.3 is 6.18 Å². The Labute approximate surface area is 201 Å². The molecule has 1 aliphatic heterocycles. The zero-order chi connectivity index (χ0) is 24.1. The second kappa shape index (κ2) is 11.7. The predicted molar refractivity (Wildman–Crippen MR) is 126 cm³/mol. The lowest BCUT2D eigenvalue weighted by molar-refractivity contribution is -0.229. The Kier molecular flexibility index (Phi) is 8.95. The molecule has 0 aromatic rings. The van der Waals surface area contributed by atoms with Crippen LogP contribution in [0.1, 0.15) is 84.0 Å². The third kappa shape index (κ3) is 7.43. The summed E-state index contributed by atoms with van der Waals surface area (Å²) in [6, 6.07) is 0. The number of halogens is 4. The summed E-state index contributed by atoms with van der Waals surface area (Å²) in [5.41, 5.74) is 3.19. The van der Waals surface area contributed by atoms with E-state index in [-0.39, 0.29) is 18.3 Å². The molecule has 0 amide bonds. The molecule has 4 rings (SSSR count). The van der Waals surface area contributed by atoms with Gasteiger partial charge < -0.3 is 9.47 Å². The van der Waals surface area contributed by atoms with Crippen molar-refractivity contribution in [2.75, 3.05) is 13.2 Å². The van der Waals surface area contributed by atoms with Crippen LogP contribution in [0.15, 0.2) is 35.2 Å². The fourth-order valence-electron chi connectivity index (χ4n) is 6.20. The highest BCUT2D eigenvalue weighted by Crippen LogP contribution is 2.40. The van der Waals surface area contributed by atoms with E-state index in [2.05, 4.69) is 19.1 Å². The largest absolute Gasteiger partial charge is 0.412 e. The summed E-state index contributed by atoms with van der Waals surface area (Å²) in [5, 5.41) is 0. The van der Waals surface area contributed by atoms with E-state index in [9.17, 15) is 17.6 Å². The summed E-state index contributed by atoms with van der Waals surface area (Å²) in [7, 11) is 0. The van der Waals surface area contributed by atoms with Crippen LogP contribution in [0, 0.1) is 29.6 Å². The molecule has 6 heteroatoms. The van der Waals surface area contributed by atoms with Gasteiger partial charge in [0.1, 0.15) is 5.83 Å². The van der Waals surface area contributed by atoms with E-state index in [1.165, 1.54) is 44.1 Å². The van der Waals surface area contributed by atoms with Crippen LogP contribution in [0.4, 0.5) is 17.6 Å². The molecule has 2 saturated carbocycles. The molecule has 2 nitrogen and oxygen atoms in total. The molecule has 4 aliphatic rings. The van der Waals surface area contributed by atoms with Crippen molar-refractivity contribution in [3.8, 4) is 0 Å². The van der Waals surface area contributed by atoms with E-state index in [0.717, 1.165) is 24.7 Å². The quantitative estimate of drug-likeness (QED) is 0.352. The average Bonchev–Trinajstić information content (AvgIpc) is 2.83. The summed E-state index contributed by atoms with van der Waals surface area (Å²) in [5.74, 6) is 0.551. The van der Waals surface area contributed by atoms with Crippen LogP contribution >= 0.6 is 0 Å². The molecule has 34 heavy (non-hydrogen) atoms. The normalized spacial score (nSPS) is 36.1. The highest BCUT2D eigenvalue weighted by molar-refractivity contribution is 5.26. The predicted octanol–water partition coefficient (Wildman–Crippen LogP) is 8.45. The van der Waals surface area contributed by atoms with Crippen molar-refractivity contribution < 1.29 is 27.0 Å². The van der Waals surface area contributed by atoms with Crippen LogP contribution in [0.3, 0.4) is 0 Å². The van der Waals surface area contributed by atoms with Gasteiger partial charge in [-0.1, -0.05) is 43.1 Å². The van der Waals surface area contributed by atoms with Gasteiger partial charge in [0.05, 0.1) is 19.3 Å². The summed E-state index contributed by atoms with van der Waals surface area (Å²) in [4.78, 5) is 0. The first-order chi connectivity index (χ1) is 16.3. The number of rotatable bonds is 6. The van der Waals surface area contributed by atoms with Gasteiger partial charge in [0.2, 0.25) is 0 Å². The van der Waals surface area contributed by atoms with Gasteiger partial charge in [-0.2, -0.15) is 13.2 Å². The number of ether oxygens (including phenoxy) is 2. The summed E-state index contributed by atoms with van der Waals surface area (Å²) in [6.07, 6.45) is 11.8. The Hall–Kier alpha value is -1.14. The zero-order valence-corrected chi connectivity index (χ0v) is 20.4. The van der Waals surface area contributed by atoms with Gasteiger partial charge in [-0.15, -0.1) is 0 Å². The molecule has 1 saturated heterocycles. The van der Waals surface area contributed by atoms with E-state index in [0.29, 0.717) is 44.8 Å². The molecule has 3 aliphatic carbocycles. The van der Waals surface area contributed by atoms with Crippen LogP contribution in [0.25, 0.3) is 0 Å². The lowest BCUT2D eigenvalue weighted by atomic mass is 9.76. The summed E-state index contributed by atoms with van der Waals surface area (Å²) >= 11 is 0. The molecule has 0 unspecified atom stereocenters. The number of allylic oxidation sites excluding steroid dienone is 6. The van der Waals surface area contributed by atoms with Crippen molar-refractivity contribution >= 4 is 0 Å². The molecular weight excluding hydrogens is 444 g/mol.